The van der Waals surface area contributed by atoms with Gasteiger partial charge in [0.25, 0.3) is 0 Å². The van der Waals surface area contributed by atoms with Gasteiger partial charge in [0.2, 0.25) is 0 Å². The van der Waals surface area contributed by atoms with Gasteiger partial charge in [0.1, 0.15) is 6.10 Å². The first-order valence-corrected chi connectivity index (χ1v) is 19.7. The maximum atomic E-state index is 12.5. The second-order valence-corrected chi connectivity index (χ2v) is 21.6. The predicted octanol–water partition coefficient (Wildman–Crippen LogP) is 9.96. The van der Waals surface area contributed by atoms with Crippen molar-refractivity contribution in [2.75, 3.05) is 13.2 Å². The number of benzene rings is 1. The summed E-state index contributed by atoms with van der Waals surface area (Å²) in [7, 11) is -2.09. The van der Waals surface area contributed by atoms with Crippen molar-refractivity contribution in [1.29, 1.82) is 0 Å². The normalized spacial score (nSPS) is 22.3. The summed E-state index contributed by atoms with van der Waals surface area (Å²) in [6.45, 7) is 24.7. The number of allylic oxidation sites excluding steroid dienone is 2. The lowest BCUT2D eigenvalue weighted by Crippen LogP contribution is -2.44. The van der Waals surface area contributed by atoms with Crippen LogP contribution in [-0.2, 0) is 21.0 Å². The first kappa shape index (κ1) is 32.6. The quantitative estimate of drug-likeness (QED) is 0.334. The molecule has 2 aromatic rings. The zero-order valence-electron chi connectivity index (χ0n) is 28.7. The molecule has 3 aliphatic rings. The molecule has 43 heavy (non-hydrogen) atoms. The molecule has 236 valence electrons. The van der Waals surface area contributed by atoms with Crippen LogP contribution in [0.15, 0.2) is 30.3 Å². The Morgan fingerprint density at radius 1 is 1.02 bits per heavy atom. The van der Waals surface area contributed by atoms with Crippen LogP contribution in [0.25, 0.3) is 5.57 Å². The van der Waals surface area contributed by atoms with E-state index >= 15 is 0 Å². The van der Waals surface area contributed by atoms with Gasteiger partial charge in [-0.2, -0.15) is 0 Å². The Kier molecular flexibility index (Phi) is 8.99. The maximum absolute atomic E-state index is 12.5. The number of pyridine rings is 1. The van der Waals surface area contributed by atoms with Crippen LogP contribution in [-0.4, -0.2) is 31.6 Å². The van der Waals surface area contributed by atoms with Crippen LogP contribution in [0, 0.1) is 5.41 Å². The van der Waals surface area contributed by atoms with Gasteiger partial charge in [0.15, 0.2) is 8.32 Å². The fourth-order valence-electron chi connectivity index (χ4n) is 7.06. The highest BCUT2D eigenvalue weighted by molar-refractivity contribution is 6.74. The monoisotopic (exact) mass is 603 g/mol. The number of fused-ring (bicyclic) bond motifs is 1. The molecule has 1 aromatic heterocycles. The zero-order chi connectivity index (χ0) is 31.4. The van der Waals surface area contributed by atoms with E-state index in [2.05, 4.69) is 98.8 Å². The minimum absolute atomic E-state index is 0.0263. The third-order valence-corrected chi connectivity index (χ3v) is 15.2. The molecule has 5 heteroatoms. The topological polar surface area (TPSA) is 51.6 Å². The average Bonchev–Trinajstić information content (AvgIpc) is 3.45. The van der Waals surface area contributed by atoms with Gasteiger partial charge < -0.3 is 14.3 Å². The fourth-order valence-corrected chi connectivity index (χ4v) is 8.33. The first-order chi connectivity index (χ1) is 20.0. The number of hydrogen-bond donors (Lipinski definition) is 1. The summed E-state index contributed by atoms with van der Waals surface area (Å²) in [5.41, 5.74) is 9.62. The molecule has 0 bridgehead atoms. The van der Waals surface area contributed by atoms with Crippen LogP contribution >= 0.6 is 0 Å². The van der Waals surface area contributed by atoms with Crippen molar-refractivity contribution in [1.82, 2.24) is 4.98 Å². The van der Waals surface area contributed by atoms with Gasteiger partial charge in [-0.3, -0.25) is 4.98 Å². The molecule has 5 rings (SSSR count). The second kappa shape index (κ2) is 11.9. The SMILES string of the molecule is CC1(C)Cc2nc(C3CCOCC3)c(C(O)c3ccc(C(C)(C)C)cc3)c(C3=CCCC3)c2C(O[Si](C)(C)C(C)(C)C)C1. The molecule has 2 atom stereocenters. The van der Waals surface area contributed by atoms with Gasteiger partial charge in [-0.25, -0.2) is 0 Å². The zero-order valence-corrected chi connectivity index (χ0v) is 29.7. The van der Waals surface area contributed by atoms with Crippen molar-refractivity contribution >= 4 is 13.9 Å². The van der Waals surface area contributed by atoms with Gasteiger partial charge in [-0.1, -0.05) is 85.7 Å². The van der Waals surface area contributed by atoms with Crippen LogP contribution in [0.4, 0.5) is 0 Å². The minimum Gasteiger partial charge on any atom is -0.410 e. The average molecular weight is 604 g/mol. The van der Waals surface area contributed by atoms with Crippen molar-refractivity contribution < 1.29 is 14.3 Å². The smallest absolute Gasteiger partial charge is 0.192 e. The largest absolute Gasteiger partial charge is 0.410 e. The van der Waals surface area contributed by atoms with E-state index in [9.17, 15) is 5.11 Å². The lowest BCUT2D eigenvalue weighted by Gasteiger charge is -2.45. The van der Waals surface area contributed by atoms with E-state index < -0.39 is 14.4 Å². The molecular formula is C38H57NO3Si. The number of aliphatic hydroxyl groups excluding tert-OH is 1. The number of rotatable bonds is 6. The summed E-state index contributed by atoms with van der Waals surface area (Å²) in [4.78, 5) is 5.60. The molecule has 2 heterocycles. The molecular weight excluding hydrogens is 547 g/mol. The van der Waals surface area contributed by atoms with Crippen molar-refractivity contribution in [3.05, 3.63) is 69.5 Å². The second-order valence-electron chi connectivity index (χ2n) is 16.8. The molecule has 4 nitrogen and oxygen atoms in total. The molecule has 0 amide bonds. The van der Waals surface area contributed by atoms with Crippen molar-refractivity contribution in [3.8, 4) is 0 Å². The first-order valence-electron chi connectivity index (χ1n) is 16.8. The van der Waals surface area contributed by atoms with Gasteiger partial charge in [-0.15, -0.1) is 0 Å². The molecule has 1 aliphatic heterocycles. The Morgan fingerprint density at radius 2 is 1.67 bits per heavy atom. The van der Waals surface area contributed by atoms with Crippen LogP contribution in [0.1, 0.15) is 151 Å². The van der Waals surface area contributed by atoms with E-state index in [0.29, 0.717) is 0 Å². The Labute approximate surface area is 262 Å². The van der Waals surface area contributed by atoms with Gasteiger partial charge in [0, 0.05) is 36.0 Å². The molecule has 2 unspecified atom stereocenters. The molecule has 0 radical (unpaired) electrons. The summed E-state index contributed by atoms with van der Waals surface area (Å²) < 4.78 is 13.2. The standard InChI is InChI=1S/C38H57NO3Si/c1-36(2,3)28-17-15-27(16-18-28)35(40)33-31(25-13-11-12-14-25)32-29(39-34(33)26-19-21-41-22-20-26)23-38(7,8)24-30(32)42-43(9,10)37(4,5)6/h13,15-18,26,30,35,40H,11-12,14,19-24H2,1-10H3. The molecule has 2 aliphatic carbocycles. The molecule has 0 saturated carbocycles. The van der Waals surface area contributed by atoms with Gasteiger partial charge >= 0.3 is 0 Å². The summed E-state index contributed by atoms with van der Waals surface area (Å²) in [5, 5.41) is 12.6. The molecule has 1 saturated heterocycles. The lowest BCUT2D eigenvalue weighted by atomic mass is 9.71. The van der Waals surface area contributed by atoms with E-state index in [1.165, 1.54) is 28.0 Å². The summed E-state index contributed by atoms with van der Waals surface area (Å²) in [6.07, 6.45) is 8.76. The fraction of sp³-hybridized carbons (Fsp3) is 0.658. The molecule has 1 fully saturated rings. The van der Waals surface area contributed by atoms with Crippen LogP contribution in [0.5, 0.6) is 0 Å². The highest BCUT2D eigenvalue weighted by Gasteiger charge is 2.45. The molecule has 1 N–H and O–H groups in total. The Bertz CT molecular complexity index is 1340. The van der Waals surface area contributed by atoms with E-state index in [-0.39, 0.29) is 27.9 Å². The van der Waals surface area contributed by atoms with Crippen molar-refractivity contribution in [3.63, 3.8) is 0 Å². The third-order valence-electron chi connectivity index (χ3n) is 10.7. The van der Waals surface area contributed by atoms with Gasteiger partial charge in [0.05, 0.1) is 11.8 Å². The molecule has 0 spiro atoms. The number of hydrogen-bond acceptors (Lipinski definition) is 4. The number of aromatic nitrogens is 1. The van der Waals surface area contributed by atoms with Crippen LogP contribution in [0.3, 0.4) is 0 Å². The van der Waals surface area contributed by atoms with E-state index in [1.54, 1.807) is 0 Å². The highest BCUT2D eigenvalue weighted by Crippen LogP contribution is 2.52. The summed E-state index contributed by atoms with van der Waals surface area (Å²) in [6, 6.07) is 8.66. The number of ether oxygens (including phenoxy) is 1. The Balaban J connectivity index is 1.76. The van der Waals surface area contributed by atoms with E-state index in [0.717, 1.165) is 75.0 Å². The third kappa shape index (κ3) is 6.76. The van der Waals surface area contributed by atoms with Crippen LogP contribution in [0.2, 0.25) is 18.1 Å². The predicted molar refractivity (Wildman–Crippen MR) is 181 cm³/mol. The van der Waals surface area contributed by atoms with Crippen molar-refractivity contribution in [2.45, 2.75) is 142 Å². The number of nitrogens with zero attached hydrogens (tertiary/aromatic N) is 1. The van der Waals surface area contributed by atoms with Crippen molar-refractivity contribution in [2.24, 2.45) is 5.41 Å². The van der Waals surface area contributed by atoms with Crippen LogP contribution < -0.4 is 0 Å². The Morgan fingerprint density at radius 3 is 2.23 bits per heavy atom. The number of aliphatic hydroxyl groups is 1. The highest BCUT2D eigenvalue weighted by atomic mass is 28.4. The Hall–Kier alpha value is -1.79. The minimum atomic E-state index is -2.09. The summed E-state index contributed by atoms with van der Waals surface area (Å²) in [5.74, 6) is 0.281. The molecule has 1 aromatic carbocycles. The van der Waals surface area contributed by atoms with E-state index in [4.69, 9.17) is 14.1 Å². The van der Waals surface area contributed by atoms with Gasteiger partial charge in [-0.05, 0) is 96.2 Å². The lowest BCUT2D eigenvalue weighted by molar-refractivity contribution is 0.0828. The maximum Gasteiger partial charge on any atom is 0.192 e. The van der Waals surface area contributed by atoms with E-state index in [1.807, 2.05) is 0 Å². The summed E-state index contributed by atoms with van der Waals surface area (Å²) >= 11 is 0.